The Morgan fingerprint density at radius 1 is 1.09 bits per heavy atom. The number of aliphatic hydroxyl groups excluding tert-OH is 1. The van der Waals surface area contributed by atoms with Crippen molar-refractivity contribution in [3.8, 4) is 16.4 Å². The van der Waals surface area contributed by atoms with E-state index in [2.05, 4.69) is 4.98 Å². The molecule has 8 nitrogen and oxygen atoms in total. The third kappa shape index (κ3) is 4.48. The standard InChI is InChI=1S/C23H22N4O4S2/c24-33(30,31)17-10-6-14(7-11-17)12-18-20(15-4-2-1-3-5-15)26-27(21(18)16-8-9-16)23-25-19(13-32-23)22(28)29/h1-7,10-11,13,16,22,28-29H,8-9,12H2,(H2,24,30,31). The minimum Gasteiger partial charge on any atom is -0.363 e. The van der Waals surface area contributed by atoms with Gasteiger partial charge in [0.2, 0.25) is 15.2 Å². The zero-order valence-electron chi connectivity index (χ0n) is 17.5. The molecule has 0 radical (unpaired) electrons. The van der Waals surface area contributed by atoms with Gasteiger partial charge in [-0.05, 0) is 30.5 Å². The summed E-state index contributed by atoms with van der Waals surface area (Å²) in [6, 6.07) is 16.4. The van der Waals surface area contributed by atoms with E-state index in [1.165, 1.54) is 23.5 Å². The summed E-state index contributed by atoms with van der Waals surface area (Å²) in [6.45, 7) is 0. The molecule has 2 heterocycles. The fourth-order valence-corrected chi connectivity index (χ4v) is 5.19. The molecule has 4 N–H and O–H groups in total. The number of nitrogens with two attached hydrogens (primary N) is 1. The molecule has 0 spiro atoms. The number of hydrogen-bond acceptors (Lipinski definition) is 7. The maximum absolute atomic E-state index is 11.6. The molecule has 33 heavy (non-hydrogen) atoms. The second-order valence-corrected chi connectivity index (χ2v) is 10.5. The van der Waals surface area contributed by atoms with Crippen molar-refractivity contribution in [2.24, 2.45) is 5.14 Å². The first-order chi connectivity index (χ1) is 15.8. The Balaban J connectivity index is 1.64. The quantitative estimate of drug-likeness (QED) is 0.347. The van der Waals surface area contributed by atoms with Crippen molar-refractivity contribution < 1.29 is 18.6 Å². The average molecular weight is 483 g/mol. The smallest absolute Gasteiger partial charge is 0.238 e. The Hall–Kier alpha value is -2.89. The summed E-state index contributed by atoms with van der Waals surface area (Å²) in [5, 5.41) is 31.4. The second-order valence-electron chi connectivity index (χ2n) is 8.06. The molecule has 0 unspecified atom stereocenters. The van der Waals surface area contributed by atoms with Crippen LogP contribution < -0.4 is 5.14 Å². The van der Waals surface area contributed by atoms with Crippen LogP contribution in [0.25, 0.3) is 16.4 Å². The number of hydrogen-bond donors (Lipinski definition) is 3. The summed E-state index contributed by atoms with van der Waals surface area (Å²) in [7, 11) is -3.76. The van der Waals surface area contributed by atoms with Gasteiger partial charge in [0.15, 0.2) is 6.29 Å². The number of nitrogens with zero attached hydrogens (tertiary/aromatic N) is 3. The van der Waals surface area contributed by atoms with Gasteiger partial charge in [-0.2, -0.15) is 5.10 Å². The monoisotopic (exact) mass is 482 g/mol. The Bertz CT molecular complexity index is 1390. The van der Waals surface area contributed by atoms with Crippen molar-refractivity contribution in [3.05, 3.63) is 82.5 Å². The maximum atomic E-state index is 11.6. The van der Waals surface area contributed by atoms with Crippen LogP contribution in [0.3, 0.4) is 0 Å². The lowest BCUT2D eigenvalue weighted by atomic mass is 9.97. The molecule has 0 saturated heterocycles. The fraction of sp³-hybridized carbons (Fsp3) is 0.217. The van der Waals surface area contributed by atoms with Gasteiger partial charge in [-0.25, -0.2) is 23.2 Å². The number of benzene rings is 2. The number of aliphatic hydroxyl groups is 2. The Morgan fingerprint density at radius 2 is 1.79 bits per heavy atom. The molecule has 2 aromatic heterocycles. The molecule has 170 valence electrons. The predicted octanol–water partition coefficient (Wildman–Crippen LogP) is 3.09. The highest BCUT2D eigenvalue weighted by molar-refractivity contribution is 7.89. The van der Waals surface area contributed by atoms with Crippen LogP contribution in [-0.2, 0) is 16.4 Å². The predicted molar refractivity (Wildman–Crippen MR) is 124 cm³/mol. The summed E-state index contributed by atoms with van der Waals surface area (Å²) >= 11 is 1.31. The topological polar surface area (TPSA) is 131 Å². The third-order valence-electron chi connectivity index (χ3n) is 5.62. The van der Waals surface area contributed by atoms with E-state index < -0.39 is 16.3 Å². The average Bonchev–Trinajstić information content (AvgIpc) is 3.37. The summed E-state index contributed by atoms with van der Waals surface area (Å²) in [5.74, 6) is 0.333. The van der Waals surface area contributed by atoms with Gasteiger partial charge in [-0.1, -0.05) is 42.5 Å². The summed E-state index contributed by atoms with van der Waals surface area (Å²) in [6.07, 6.45) is 0.998. The molecule has 0 bridgehead atoms. The molecule has 1 aliphatic carbocycles. The van der Waals surface area contributed by atoms with Gasteiger partial charge in [0.05, 0.1) is 16.3 Å². The molecule has 2 aromatic carbocycles. The van der Waals surface area contributed by atoms with Gasteiger partial charge in [0.1, 0.15) is 5.69 Å². The Morgan fingerprint density at radius 3 is 2.36 bits per heavy atom. The highest BCUT2D eigenvalue weighted by atomic mass is 32.2. The molecule has 0 amide bonds. The fourth-order valence-electron chi connectivity index (χ4n) is 3.88. The number of primary sulfonamides is 1. The molecule has 4 aromatic rings. The van der Waals surface area contributed by atoms with Gasteiger partial charge >= 0.3 is 0 Å². The molecule has 1 aliphatic rings. The minimum atomic E-state index is -3.76. The lowest BCUT2D eigenvalue weighted by molar-refractivity contribution is -0.0454. The van der Waals surface area contributed by atoms with Crippen molar-refractivity contribution in [1.29, 1.82) is 0 Å². The lowest BCUT2D eigenvalue weighted by Gasteiger charge is -2.09. The first-order valence-electron chi connectivity index (χ1n) is 10.4. The number of thiazole rings is 1. The van der Waals surface area contributed by atoms with E-state index in [1.807, 2.05) is 35.0 Å². The van der Waals surface area contributed by atoms with Crippen molar-refractivity contribution >= 4 is 21.4 Å². The molecule has 5 rings (SSSR count). The number of sulfonamides is 1. The molecule has 1 saturated carbocycles. The zero-order chi connectivity index (χ0) is 23.2. The highest BCUT2D eigenvalue weighted by Crippen LogP contribution is 2.45. The normalized spacial score (nSPS) is 14.2. The number of aromatic nitrogens is 3. The molecule has 0 aliphatic heterocycles. The minimum absolute atomic E-state index is 0.0746. The molecular formula is C23H22N4O4S2. The van der Waals surface area contributed by atoms with E-state index in [0.717, 1.165) is 40.9 Å². The molecule has 1 fully saturated rings. The summed E-state index contributed by atoms with van der Waals surface area (Å²) in [5.41, 5.74) is 5.02. The lowest BCUT2D eigenvalue weighted by Crippen LogP contribution is -2.11. The van der Waals surface area contributed by atoms with E-state index in [0.29, 0.717) is 17.5 Å². The Labute approximate surface area is 195 Å². The SMILES string of the molecule is NS(=O)(=O)c1ccc(Cc2c(-c3ccccc3)nn(-c3nc(C(O)O)cs3)c2C2CC2)cc1. The van der Waals surface area contributed by atoms with Gasteiger partial charge in [0, 0.05) is 28.8 Å². The summed E-state index contributed by atoms with van der Waals surface area (Å²) < 4.78 is 25.1. The van der Waals surface area contributed by atoms with E-state index in [4.69, 9.17) is 10.2 Å². The van der Waals surface area contributed by atoms with Gasteiger partial charge in [0.25, 0.3) is 0 Å². The van der Waals surface area contributed by atoms with Crippen LogP contribution in [-0.4, -0.2) is 33.4 Å². The van der Waals surface area contributed by atoms with Gasteiger partial charge < -0.3 is 10.2 Å². The summed E-state index contributed by atoms with van der Waals surface area (Å²) in [4.78, 5) is 4.46. The third-order valence-corrected chi connectivity index (χ3v) is 7.39. The van der Waals surface area contributed by atoms with Crippen LogP contribution in [0.5, 0.6) is 0 Å². The molecular weight excluding hydrogens is 460 g/mol. The van der Waals surface area contributed by atoms with E-state index in [1.54, 1.807) is 17.5 Å². The first kappa shape index (κ1) is 21.9. The van der Waals surface area contributed by atoms with Crippen molar-refractivity contribution in [3.63, 3.8) is 0 Å². The van der Waals surface area contributed by atoms with Crippen LogP contribution in [0.2, 0.25) is 0 Å². The van der Waals surface area contributed by atoms with Crippen LogP contribution in [0.4, 0.5) is 0 Å². The maximum Gasteiger partial charge on any atom is 0.238 e. The highest BCUT2D eigenvalue weighted by Gasteiger charge is 2.34. The van der Waals surface area contributed by atoms with E-state index in [-0.39, 0.29) is 10.6 Å². The molecule has 10 heteroatoms. The van der Waals surface area contributed by atoms with Crippen LogP contribution in [0, 0.1) is 0 Å². The zero-order valence-corrected chi connectivity index (χ0v) is 19.1. The Kier molecular flexibility index (Phi) is 5.63. The van der Waals surface area contributed by atoms with Crippen LogP contribution in [0.1, 0.15) is 47.6 Å². The number of rotatable bonds is 7. The largest absolute Gasteiger partial charge is 0.363 e. The van der Waals surface area contributed by atoms with Crippen molar-refractivity contribution in [2.75, 3.05) is 0 Å². The van der Waals surface area contributed by atoms with Crippen LogP contribution >= 0.6 is 11.3 Å². The van der Waals surface area contributed by atoms with E-state index >= 15 is 0 Å². The van der Waals surface area contributed by atoms with Crippen molar-refractivity contribution in [2.45, 2.75) is 36.4 Å². The first-order valence-corrected chi connectivity index (χ1v) is 12.8. The second kappa shape index (κ2) is 8.47. The van der Waals surface area contributed by atoms with E-state index in [9.17, 15) is 18.6 Å². The van der Waals surface area contributed by atoms with Gasteiger partial charge in [-0.15, -0.1) is 11.3 Å². The van der Waals surface area contributed by atoms with Crippen molar-refractivity contribution in [1.82, 2.24) is 14.8 Å². The van der Waals surface area contributed by atoms with Gasteiger partial charge in [-0.3, -0.25) is 0 Å². The van der Waals surface area contributed by atoms with Crippen LogP contribution in [0.15, 0.2) is 64.9 Å². The molecule has 0 atom stereocenters.